The lowest BCUT2D eigenvalue weighted by Crippen LogP contribution is -2.32. The molecule has 0 amide bonds. The lowest BCUT2D eigenvalue weighted by molar-refractivity contribution is 0.105. The Morgan fingerprint density at radius 2 is 2.00 bits per heavy atom. The summed E-state index contributed by atoms with van der Waals surface area (Å²) in [6.45, 7) is 2.73. The Labute approximate surface area is 119 Å². The Kier molecular flexibility index (Phi) is 8.02. The van der Waals surface area contributed by atoms with Crippen molar-refractivity contribution in [2.45, 2.75) is 12.5 Å². The molecule has 1 aromatic carbocycles. The molecule has 0 heterocycles. The van der Waals surface area contributed by atoms with Gasteiger partial charge in [0, 0.05) is 31.8 Å². The summed E-state index contributed by atoms with van der Waals surface area (Å²) in [6.07, 6.45) is -0.00887. The molecule has 108 valence electrons. The Balaban J connectivity index is 2.47. The first-order valence-electron chi connectivity index (χ1n) is 6.43. The van der Waals surface area contributed by atoms with Gasteiger partial charge >= 0.3 is 0 Å². The molecule has 0 aliphatic carbocycles. The molecule has 19 heavy (non-hydrogen) atoms. The topological polar surface area (TPSA) is 52.9 Å². The summed E-state index contributed by atoms with van der Waals surface area (Å²) in [5, 5.41) is 19.7. The summed E-state index contributed by atoms with van der Waals surface area (Å²) < 4.78 is 5.02. The van der Waals surface area contributed by atoms with Crippen LogP contribution in [0.25, 0.3) is 0 Å². The maximum absolute atomic E-state index is 10.1. The average molecular weight is 288 g/mol. The van der Waals surface area contributed by atoms with Crippen molar-refractivity contribution in [1.82, 2.24) is 4.90 Å². The van der Waals surface area contributed by atoms with Crippen LogP contribution in [0.4, 0.5) is 0 Å². The average Bonchev–Trinajstić information content (AvgIpc) is 2.42. The van der Waals surface area contributed by atoms with E-state index in [1.54, 1.807) is 13.2 Å². The van der Waals surface area contributed by atoms with Gasteiger partial charge in [0.2, 0.25) is 0 Å². The minimum Gasteiger partial charge on any atom is -0.395 e. The molecule has 0 saturated heterocycles. The highest BCUT2D eigenvalue weighted by Crippen LogP contribution is 2.24. The van der Waals surface area contributed by atoms with Crippen molar-refractivity contribution in [2.75, 3.05) is 40.0 Å². The zero-order valence-corrected chi connectivity index (χ0v) is 12.0. The SMILES string of the molecule is COCCN(CCO)CCC(O)c1ccccc1Cl. The van der Waals surface area contributed by atoms with Gasteiger partial charge in [0.15, 0.2) is 0 Å². The van der Waals surface area contributed by atoms with Crippen LogP contribution >= 0.6 is 11.6 Å². The smallest absolute Gasteiger partial charge is 0.0816 e. The van der Waals surface area contributed by atoms with Crippen LogP contribution in [0, 0.1) is 0 Å². The molecule has 2 N–H and O–H groups in total. The number of aliphatic hydroxyl groups excluding tert-OH is 2. The lowest BCUT2D eigenvalue weighted by Gasteiger charge is -2.22. The van der Waals surface area contributed by atoms with Gasteiger partial charge in [0.25, 0.3) is 0 Å². The van der Waals surface area contributed by atoms with Gasteiger partial charge in [-0.3, -0.25) is 4.90 Å². The molecule has 0 aliphatic heterocycles. The monoisotopic (exact) mass is 287 g/mol. The molecular formula is C14H22ClNO3. The number of aliphatic hydroxyl groups is 2. The number of halogens is 1. The molecule has 0 saturated carbocycles. The molecule has 0 aliphatic rings. The fraction of sp³-hybridized carbons (Fsp3) is 0.571. The van der Waals surface area contributed by atoms with E-state index in [1.165, 1.54) is 0 Å². The third-order valence-electron chi connectivity index (χ3n) is 3.01. The predicted molar refractivity (Wildman–Crippen MR) is 76.4 cm³/mol. The Bertz CT molecular complexity index is 362. The Hall–Kier alpha value is -0.650. The summed E-state index contributed by atoms with van der Waals surface area (Å²) in [5.41, 5.74) is 0.750. The summed E-state index contributed by atoms with van der Waals surface area (Å²) >= 11 is 6.05. The maximum Gasteiger partial charge on any atom is 0.0816 e. The maximum atomic E-state index is 10.1. The quantitative estimate of drug-likeness (QED) is 0.726. The molecule has 0 radical (unpaired) electrons. The van der Waals surface area contributed by atoms with E-state index in [-0.39, 0.29) is 6.61 Å². The Morgan fingerprint density at radius 3 is 2.63 bits per heavy atom. The van der Waals surface area contributed by atoms with Crippen molar-refractivity contribution < 1.29 is 14.9 Å². The molecule has 1 atom stereocenters. The normalized spacial score (nSPS) is 12.9. The first-order chi connectivity index (χ1) is 9.19. The molecule has 0 spiro atoms. The fourth-order valence-electron chi connectivity index (χ4n) is 1.90. The summed E-state index contributed by atoms with van der Waals surface area (Å²) in [5.74, 6) is 0. The van der Waals surface area contributed by atoms with Gasteiger partial charge in [-0.1, -0.05) is 29.8 Å². The van der Waals surface area contributed by atoms with Gasteiger partial charge < -0.3 is 14.9 Å². The number of methoxy groups -OCH3 is 1. The van der Waals surface area contributed by atoms with Gasteiger partial charge in [-0.25, -0.2) is 0 Å². The Morgan fingerprint density at radius 1 is 1.26 bits per heavy atom. The van der Waals surface area contributed by atoms with Crippen LogP contribution in [0.5, 0.6) is 0 Å². The number of rotatable bonds is 9. The van der Waals surface area contributed by atoms with Crippen LogP contribution in [0.15, 0.2) is 24.3 Å². The standard InChI is InChI=1S/C14H22ClNO3/c1-19-11-9-16(8-10-17)7-6-14(18)12-4-2-3-5-13(12)15/h2-5,14,17-18H,6-11H2,1H3. The molecule has 1 rings (SSSR count). The summed E-state index contributed by atoms with van der Waals surface area (Å²) in [4.78, 5) is 2.06. The number of hydrogen-bond acceptors (Lipinski definition) is 4. The van der Waals surface area contributed by atoms with Crippen LogP contribution in [-0.2, 0) is 4.74 Å². The van der Waals surface area contributed by atoms with Crippen LogP contribution < -0.4 is 0 Å². The first kappa shape index (κ1) is 16.4. The fourth-order valence-corrected chi connectivity index (χ4v) is 2.16. The zero-order valence-electron chi connectivity index (χ0n) is 11.3. The number of benzene rings is 1. The van der Waals surface area contributed by atoms with Gasteiger partial charge in [0.05, 0.1) is 19.3 Å². The van der Waals surface area contributed by atoms with E-state index in [0.29, 0.717) is 31.1 Å². The van der Waals surface area contributed by atoms with Crippen molar-refractivity contribution in [3.63, 3.8) is 0 Å². The van der Waals surface area contributed by atoms with Crippen molar-refractivity contribution in [1.29, 1.82) is 0 Å². The second-order valence-electron chi connectivity index (χ2n) is 4.38. The van der Waals surface area contributed by atoms with Crippen molar-refractivity contribution in [2.24, 2.45) is 0 Å². The van der Waals surface area contributed by atoms with E-state index in [2.05, 4.69) is 4.90 Å². The third kappa shape index (κ3) is 5.89. The predicted octanol–water partition coefficient (Wildman–Crippen LogP) is 1.70. The van der Waals surface area contributed by atoms with Crippen molar-refractivity contribution in [3.8, 4) is 0 Å². The third-order valence-corrected chi connectivity index (χ3v) is 3.36. The highest BCUT2D eigenvalue weighted by Gasteiger charge is 2.13. The summed E-state index contributed by atoms with van der Waals surface area (Å²) in [6, 6.07) is 7.31. The van der Waals surface area contributed by atoms with Gasteiger partial charge in [-0.15, -0.1) is 0 Å². The van der Waals surface area contributed by atoms with Gasteiger partial charge in [-0.05, 0) is 18.1 Å². The van der Waals surface area contributed by atoms with E-state index >= 15 is 0 Å². The van der Waals surface area contributed by atoms with E-state index < -0.39 is 6.10 Å². The highest BCUT2D eigenvalue weighted by molar-refractivity contribution is 6.31. The number of ether oxygens (including phenoxy) is 1. The number of nitrogens with zero attached hydrogens (tertiary/aromatic N) is 1. The van der Waals surface area contributed by atoms with E-state index in [0.717, 1.165) is 12.1 Å². The minimum absolute atomic E-state index is 0.103. The molecule has 4 nitrogen and oxygen atoms in total. The summed E-state index contributed by atoms with van der Waals surface area (Å²) in [7, 11) is 1.65. The van der Waals surface area contributed by atoms with Crippen LogP contribution in [0.2, 0.25) is 5.02 Å². The molecule has 0 bridgehead atoms. The van der Waals surface area contributed by atoms with Gasteiger partial charge in [-0.2, -0.15) is 0 Å². The minimum atomic E-state index is -0.586. The van der Waals surface area contributed by atoms with E-state index in [1.807, 2.05) is 18.2 Å². The lowest BCUT2D eigenvalue weighted by atomic mass is 10.1. The van der Waals surface area contributed by atoms with Crippen LogP contribution in [-0.4, -0.2) is 55.1 Å². The van der Waals surface area contributed by atoms with E-state index in [4.69, 9.17) is 21.4 Å². The largest absolute Gasteiger partial charge is 0.395 e. The van der Waals surface area contributed by atoms with Crippen molar-refractivity contribution >= 4 is 11.6 Å². The molecular weight excluding hydrogens is 266 g/mol. The number of hydrogen-bond donors (Lipinski definition) is 2. The van der Waals surface area contributed by atoms with Gasteiger partial charge in [0.1, 0.15) is 0 Å². The second-order valence-corrected chi connectivity index (χ2v) is 4.79. The van der Waals surface area contributed by atoms with Crippen LogP contribution in [0.3, 0.4) is 0 Å². The first-order valence-corrected chi connectivity index (χ1v) is 6.81. The second kappa shape index (κ2) is 9.28. The molecule has 5 heteroatoms. The van der Waals surface area contributed by atoms with E-state index in [9.17, 15) is 5.11 Å². The molecule has 0 aromatic heterocycles. The molecule has 1 aromatic rings. The molecule has 0 fully saturated rings. The highest BCUT2D eigenvalue weighted by atomic mass is 35.5. The van der Waals surface area contributed by atoms with Crippen molar-refractivity contribution in [3.05, 3.63) is 34.9 Å². The molecule has 1 unspecified atom stereocenters. The zero-order chi connectivity index (χ0) is 14.1. The van der Waals surface area contributed by atoms with Crippen LogP contribution in [0.1, 0.15) is 18.1 Å².